The summed E-state index contributed by atoms with van der Waals surface area (Å²) in [6.45, 7) is 8.65. The predicted molar refractivity (Wildman–Crippen MR) is 87.3 cm³/mol. The van der Waals surface area contributed by atoms with Crippen molar-refractivity contribution in [2.24, 2.45) is 0 Å². The molecule has 0 aromatic carbocycles. The Morgan fingerprint density at radius 1 is 1.05 bits per heavy atom. The maximum absolute atomic E-state index is 4.32. The van der Waals surface area contributed by atoms with Crippen molar-refractivity contribution in [1.29, 1.82) is 0 Å². The number of hydrogen-bond acceptors (Lipinski definition) is 3. The van der Waals surface area contributed by atoms with Gasteiger partial charge in [0.05, 0.1) is 5.01 Å². The third kappa shape index (κ3) is 4.66. The first-order valence-corrected chi connectivity index (χ1v) is 10.7. The summed E-state index contributed by atoms with van der Waals surface area (Å²) in [5.74, 6) is 9.33. The predicted octanol–water partition coefficient (Wildman–Crippen LogP) is 3.48. The second-order valence-electron chi connectivity index (χ2n) is 5.46. The van der Waals surface area contributed by atoms with E-state index in [2.05, 4.69) is 52.9 Å². The van der Waals surface area contributed by atoms with Crippen LogP contribution in [0.2, 0.25) is 19.6 Å². The van der Waals surface area contributed by atoms with Crippen molar-refractivity contribution in [3.05, 3.63) is 45.7 Å². The molecule has 0 aliphatic carbocycles. The van der Waals surface area contributed by atoms with Crippen LogP contribution < -0.4 is 0 Å². The van der Waals surface area contributed by atoms with Gasteiger partial charge in [-0.05, 0) is 18.9 Å². The van der Waals surface area contributed by atoms with Crippen molar-refractivity contribution in [1.82, 2.24) is 9.97 Å². The van der Waals surface area contributed by atoms with Crippen LogP contribution >= 0.6 is 11.3 Å². The molecule has 0 unspecified atom stereocenters. The summed E-state index contributed by atoms with van der Waals surface area (Å²) in [6.07, 6.45) is 3.54. The van der Waals surface area contributed by atoms with Crippen LogP contribution in [0.3, 0.4) is 0 Å². The van der Waals surface area contributed by atoms with Gasteiger partial charge in [-0.3, -0.25) is 4.98 Å². The SMILES string of the molecule is Cc1nc(C#Cc2cncc(C#C[Si](C)(C)C)c2)cs1. The number of pyridine rings is 1. The molecule has 0 bridgehead atoms. The summed E-state index contributed by atoms with van der Waals surface area (Å²) in [7, 11) is -1.36. The lowest BCUT2D eigenvalue weighted by Gasteiger charge is -2.03. The topological polar surface area (TPSA) is 25.8 Å². The number of hydrogen-bond donors (Lipinski definition) is 0. The summed E-state index contributed by atoms with van der Waals surface area (Å²) in [6, 6.07) is 1.98. The molecular formula is C16H16N2SSi. The second-order valence-corrected chi connectivity index (χ2v) is 11.3. The molecule has 0 spiro atoms. The van der Waals surface area contributed by atoms with Gasteiger partial charge in [0.15, 0.2) is 0 Å². The molecule has 0 saturated heterocycles. The van der Waals surface area contributed by atoms with Gasteiger partial charge in [-0.15, -0.1) is 16.9 Å². The van der Waals surface area contributed by atoms with Crippen LogP contribution in [0.15, 0.2) is 23.8 Å². The minimum atomic E-state index is -1.36. The first-order chi connectivity index (χ1) is 9.42. The number of rotatable bonds is 0. The van der Waals surface area contributed by atoms with Crippen molar-refractivity contribution in [2.45, 2.75) is 26.6 Å². The molecule has 0 radical (unpaired) electrons. The highest BCUT2D eigenvalue weighted by Crippen LogP contribution is 2.07. The number of aromatic nitrogens is 2. The van der Waals surface area contributed by atoms with Crippen molar-refractivity contribution >= 4 is 19.4 Å². The summed E-state index contributed by atoms with van der Waals surface area (Å²) in [4.78, 5) is 8.51. The molecule has 2 nitrogen and oxygen atoms in total. The van der Waals surface area contributed by atoms with E-state index < -0.39 is 8.07 Å². The van der Waals surface area contributed by atoms with Crippen LogP contribution in [0.4, 0.5) is 0 Å². The van der Waals surface area contributed by atoms with Crippen LogP contribution in [-0.2, 0) is 0 Å². The molecule has 2 heterocycles. The molecule has 0 amide bonds. The summed E-state index contributed by atoms with van der Waals surface area (Å²) < 4.78 is 0. The third-order valence-electron chi connectivity index (χ3n) is 2.27. The zero-order chi connectivity index (χ0) is 14.6. The zero-order valence-electron chi connectivity index (χ0n) is 12.1. The molecule has 2 aromatic heterocycles. The first-order valence-electron chi connectivity index (χ1n) is 6.35. The van der Waals surface area contributed by atoms with Gasteiger partial charge >= 0.3 is 0 Å². The molecule has 2 aromatic rings. The molecular weight excluding hydrogens is 280 g/mol. The molecule has 0 aliphatic rings. The van der Waals surface area contributed by atoms with Crippen molar-refractivity contribution < 1.29 is 0 Å². The normalized spacial score (nSPS) is 10.2. The van der Waals surface area contributed by atoms with E-state index in [1.54, 1.807) is 23.7 Å². The number of aryl methyl sites for hydroxylation is 1. The van der Waals surface area contributed by atoms with Gasteiger partial charge in [0.1, 0.15) is 13.8 Å². The van der Waals surface area contributed by atoms with E-state index in [-0.39, 0.29) is 0 Å². The first kappa shape index (κ1) is 14.5. The average molecular weight is 296 g/mol. The molecule has 4 heteroatoms. The van der Waals surface area contributed by atoms with E-state index in [9.17, 15) is 0 Å². The Morgan fingerprint density at radius 2 is 1.75 bits per heavy atom. The van der Waals surface area contributed by atoms with Gasteiger partial charge in [0, 0.05) is 28.9 Å². The fourth-order valence-electron chi connectivity index (χ4n) is 1.39. The van der Waals surface area contributed by atoms with E-state index in [1.165, 1.54) is 0 Å². The van der Waals surface area contributed by atoms with Gasteiger partial charge in [-0.2, -0.15) is 0 Å². The molecule has 100 valence electrons. The van der Waals surface area contributed by atoms with Gasteiger partial charge < -0.3 is 0 Å². The zero-order valence-corrected chi connectivity index (χ0v) is 13.9. The fraction of sp³-hybridized carbons (Fsp3) is 0.250. The summed E-state index contributed by atoms with van der Waals surface area (Å²) >= 11 is 1.61. The van der Waals surface area contributed by atoms with Gasteiger partial charge in [0.25, 0.3) is 0 Å². The van der Waals surface area contributed by atoms with E-state index >= 15 is 0 Å². The Bertz CT molecular complexity index is 733. The van der Waals surface area contributed by atoms with Crippen molar-refractivity contribution in [3.63, 3.8) is 0 Å². The monoisotopic (exact) mass is 296 g/mol. The van der Waals surface area contributed by atoms with E-state index in [1.807, 2.05) is 18.4 Å². The Morgan fingerprint density at radius 3 is 2.35 bits per heavy atom. The lowest BCUT2D eigenvalue weighted by Crippen LogP contribution is -2.16. The Hall–Kier alpha value is -1.88. The van der Waals surface area contributed by atoms with E-state index in [0.29, 0.717) is 0 Å². The van der Waals surface area contributed by atoms with Crippen molar-refractivity contribution in [2.75, 3.05) is 0 Å². The van der Waals surface area contributed by atoms with Crippen LogP contribution in [0.5, 0.6) is 0 Å². The van der Waals surface area contributed by atoms with Crippen LogP contribution in [-0.4, -0.2) is 18.0 Å². The largest absolute Gasteiger partial charge is 0.262 e. The van der Waals surface area contributed by atoms with E-state index in [0.717, 1.165) is 21.8 Å². The Kier molecular flexibility index (Phi) is 4.39. The standard InChI is InChI=1S/C16H16N2SSi/c1-13-18-16(12-19-13)6-5-14-9-15(11-17-10-14)7-8-20(2,3)4/h9-12H,1-4H3. The van der Waals surface area contributed by atoms with Crippen LogP contribution in [0.1, 0.15) is 21.8 Å². The Labute approximate surface area is 125 Å². The maximum atomic E-state index is 4.32. The van der Waals surface area contributed by atoms with Gasteiger partial charge in [0.2, 0.25) is 0 Å². The number of nitrogens with zero attached hydrogens (tertiary/aromatic N) is 2. The molecule has 0 aliphatic heterocycles. The van der Waals surface area contributed by atoms with Gasteiger partial charge in [-0.25, -0.2) is 4.98 Å². The highest BCUT2D eigenvalue weighted by atomic mass is 32.1. The van der Waals surface area contributed by atoms with Crippen molar-refractivity contribution in [3.8, 4) is 23.3 Å². The molecule has 0 atom stereocenters. The average Bonchev–Trinajstić information content (AvgIpc) is 2.80. The second kappa shape index (κ2) is 6.05. The summed E-state index contributed by atoms with van der Waals surface area (Å²) in [5.41, 5.74) is 5.94. The Balaban J connectivity index is 2.22. The summed E-state index contributed by atoms with van der Waals surface area (Å²) in [5, 5.41) is 2.99. The lowest BCUT2D eigenvalue weighted by molar-refractivity contribution is 1.27. The molecule has 0 saturated carbocycles. The lowest BCUT2D eigenvalue weighted by atomic mass is 10.2. The third-order valence-corrected chi connectivity index (χ3v) is 3.92. The quantitative estimate of drug-likeness (QED) is 0.549. The molecule has 20 heavy (non-hydrogen) atoms. The maximum Gasteiger partial charge on any atom is 0.129 e. The highest BCUT2D eigenvalue weighted by molar-refractivity contribution is 7.09. The van der Waals surface area contributed by atoms with Crippen LogP contribution in [0, 0.1) is 30.2 Å². The van der Waals surface area contributed by atoms with Crippen LogP contribution in [0.25, 0.3) is 0 Å². The molecule has 2 rings (SSSR count). The minimum Gasteiger partial charge on any atom is -0.262 e. The molecule has 0 N–H and O–H groups in total. The highest BCUT2D eigenvalue weighted by Gasteiger charge is 2.07. The van der Waals surface area contributed by atoms with Gasteiger partial charge in [-0.1, -0.05) is 31.5 Å². The van der Waals surface area contributed by atoms with E-state index in [4.69, 9.17) is 0 Å². The number of thiazole rings is 1. The molecule has 0 fully saturated rings. The smallest absolute Gasteiger partial charge is 0.129 e. The minimum absolute atomic E-state index is 0.811. The fourth-order valence-corrected chi connectivity index (χ4v) is 2.46.